The maximum Gasteiger partial charge on any atom is 0.225 e. The lowest BCUT2D eigenvalue weighted by molar-refractivity contribution is -0.0891. The number of fused-ring (bicyclic) bond motifs is 1. The molecule has 6 nitrogen and oxygen atoms in total. The van der Waals surface area contributed by atoms with Crippen LogP contribution in [-0.4, -0.2) is 46.4 Å². The van der Waals surface area contributed by atoms with Crippen LogP contribution < -0.4 is 4.90 Å². The molecule has 2 fully saturated rings. The minimum absolute atomic E-state index is 0.183. The molecule has 4 rings (SSSR count). The van der Waals surface area contributed by atoms with Gasteiger partial charge in [-0.3, -0.25) is 0 Å². The van der Waals surface area contributed by atoms with Gasteiger partial charge in [0.25, 0.3) is 0 Å². The Balaban J connectivity index is 1.28. The van der Waals surface area contributed by atoms with E-state index in [1.165, 1.54) is 0 Å². The van der Waals surface area contributed by atoms with Crippen molar-refractivity contribution in [1.29, 1.82) is 0 Å². The molecule has 4 heterocycles. The van der Waals surface area contributed by atoms with Crippen molar-refractivity contribution in [3.63, 3.8) is 0 Å². The topological polar surface area (TPSA) is 60.4 Å². The average Bonchev–Trinajstić information content (AvgIpc) is 3.21. The second kappa shape index (κ2) is 7.13. The number of rotatable bonds is 5. The zero-order chi connectivity index (χ0) is 16.4. The van der Waals surface area contributed by atoms with Gasteiger partial charge >= 0.3 is 0 Å². The van der Waals surface area contributed by atoms with Crippen molar-refractivity contribution in [1.82, 2.24) is 15.0 Å². The molecular formula is C17H22N4O2S. The molecule has 2 aliphatic rings. The predicted molar refractivity (Wildman–Crippen MR) is 92.2 cm³/mol. The quantitative estimate of drug-likeness (QED) is 0.829. The van der Waals surface area contributed by atoms with Crippen molar-refractivity contribution in [3.05, 3.63) is 34.5 Å². The smallest absolute Gasteiger partial charge is 0.225 e. The van der Waals surface area contributed by atoms with E-state index < -0.39 is 0 Å². The second-order valence-electron chi connectivity index (χ2n) is 6.35. The summed E-state index contributed by atoms with van der Waals surface area (Å²) in [6.07, 6.45) is 7.20. The fourth-order valence-corrected chi connectivity index (χ4v) is 4.17. The van der Waals surface area contributed by atoms with E-state index in [0.29, 0.717) is 19.3 Å². The average molecular weight is 346 g/mol. The van der Waals surface area contributed by atoms with Gasteiger partial charge in [-0.15, -0.1) is 11.3 Å². The highest BCUT2D eigenvalue weighted by Gasteiger charge is 2.40. The number of thiazole rings is 1. The number of anilines is 1. The third kappa shape index (κ3) is 3.43. The van der Waals surface area contributed by atoms with E-state index in [1.807, 2.05) is 13.0 Å². The van der Waals surface area contributed by atoms with Crippen LogP contribution in [0.4, 0.5) is 5.95 Å². The van der Waals surface area contributed by atoms with E-state index in [9.17, 15) is 0 Å². The Hall–Kier alpha value is -1.57. The summed E-state index contributed by atoms with van der Waals surface area (Å²) in [7, 11) is 0. The van der Waals surface area contributed by atoms with Gasteiger partial charge in [0.2, 0.25) is 5.95 Å². The monoisotopic (exact) mass is 346 g/mol. The molecule has 0 unspecified atom stereocenters. The number of hydrogen-bond acceptors (Lipinski definition) is 7. The van der Waals surface area contributed by atoms with Gasteiger partial charge in [-0.1, -0.05) is 0 Å². The molecule has 0 aliphatic carbocycles. The van der Waals surface area contributed by atoms with E-state index in [2.05, 4.69) is 25.2 Å². The van der Waals surface area contributed by atoms with E-state index in [0.717, 1.165) is 42.5 Å². The molecule has 0 saturated carbocycles. The molecule has 3 atom stereocenters. The van der Waals surface area contributed by atoms with Crippen LogP contribution in [0.5, 0.6) is 0 Å². The Kier molecular flexibility index (Phi) is 4.73. The molecule has 0 bridgehead atoms. The van der Waals surface area contributed by atoms with E-state index in [1.54, 1.807) is 23.7 Å². The number of nitrogens with zero attached hydrogens (tertiary/aromatic N) is 4. The summed E-state index contributed by atoms with van der Waals surface area (Å²) < 4.78 is 12.1. The SMILES string of the molecule is Cc1nc(COC[C@@H]2CC[C@@H]3[C@@H](CCN3c3ncccn3)O2)cs1. The fraction of sp³-hybridized carbons (Fsp3) is 0.588. The second-order valence-corrected chi connectivity index (χ2v) is 7.41. The normalized spacial score (nSPS) is 26.5. The summed E-state index contributed by atoms with van der Waals surface area (Å²) in [5.41, 5.74) is 1.01. The molecule has 0 amide bonds. The Morgan fingerprint density at radius 1 is 1.29 bits per heavy atom. The number of aryl methyl sites for hydroxylation is 1. The standard InChI is InChI=1S/C17H22N4O2S/c1-12-20-13(11-24-12)9-22-10-14-3-4-15-16(23-14)5-8-21(15)17-18-6-2-7-19-17/h2,6-7,11,14-16H,3-5,8-10H2,1H3/t14-,15+,16+/m0/s1. The van der Waals surface area contributed by atoms with Crippen molar-refractivity contribution in [3.8, 4) is 0 Å². The molecular weight excluding hydrogens is 324 g/mol. The van der Waals surface area contributed by atoms with E-state index in [4.69, 9.17) is 9.47 Å². The van der Waals surface area contributed by atoms with E-state index in [-0.39, 0.29) is 12.2 Å². The molecule has 0 aromatic carbocycles. The van der Waals surface area contributed by atoms with Crippen LogP contribution in [0.3, 0.4) is 0 Å². The molecule has 24 heavy (non-hydrogen) atoms. The fourth-order valence-electron chi connectivity index (χ4n) is 3.58. The maximum absolute atomic E-state index is 6.27. The van der Waals surface area contributed by atoms with Crippen LogP contribution in [0.15, 0.2) is 23.8 Å². The van der Waals surface area contributed by atoms with Gasteiger partial charge < -0.3 is 14.4 Å². The van der Waals surface area contributed by atoms with Gasteiger partial charge in [-0.2, -0.15) is 0 Å². The molecule has 2 aromatic heterocycles. The molecule has 2 saturated heterocycles. The van der Waals surface area contributed by atoms with E-state index >= 15 is 0 Å². The van der Waals surface area contributed by atoms with Gasteiger partial charge in [0.1, 0.15) is 0 Å². The number of ether oxygens (including phenoxy) is 2. The number of hydrogen-bond donors (Lipinski definition) is 0. The molecule has 0 spiro atoms. The van der Waals surface area contributed by atoms with Crippen LogP contribution in [0.25, 0.3) is 0 Å². The van der Waals surface area contributed by atoms with Crippen LogP contribution in [-0.2, 0) is 16.1 Å². The van der Waals surface area contributed by atoms with Crippen molar-refractivity contribution in [2.24, 2.45) is 0 Å². The third-order valence-electron chi connectivity index (χ3n) is 4.66. The van der Waals surface area contributed by atoms with Gasteiger partial charge in [-0.05, 0) is 32.3 Å². The molecule has 2 aliphatic heterocycles. The molecule has 0 radical (unpaired) electrons. The summed E-state index contributed by atoms with van der Waals surface area (Å²) in [5.74, 6) is 0.821. The minimum Gasteiger partial charge on any atom is -0.372 e. The van der Waals surface area contributed by atoms with Gasteiger partial charge in [0, 0.05) is 24.3 Å². The van der Waals surface area contributed by atoms with Crippen LogP contribution in [0.2, 0.25) is 0 Å². The first-order valence-corrected chi connectivity index (χ1v) is 9.35. The summed E-state index contributed by atoms with van der Waals surface area (Å²) in [4.78, 5) is 15.5. The first-order valence-electron chi connectivity index (χ1n) is 8.47. The lowest BCUT2D eigenvalue weighted by Crippen LogP contribution is -2.44. The van der Waals surface area contributed by atoms with Crippen molar-refractivity contribution in [2.75, 3.05) is 18.1 Å². The zero-order valence-corrected chi connectivity index (χ0v) is 14.6. The van der Waals surface area contributed by atoms with Crippen LogP contribution >= 0.6 is 11.3 Å². The van der Waals surface area contributed by atoms with Gasteiger partial charge in [0.15, 0.2) is 0 Å². The summed E-state index contributed by atoms with van der Waals surface area (Å²) in [6, 6.07) is 2.25. The summed E-state index contributed by atoms with van der Waals surface area (Å²) in [6.45, 7) is 4.19. The summed E-state index contributed by atoms with van der Waals surface area (Å²) in [5, 5.41) is 3.14. The lowest BCUT2D eigenvalue weighted by Gasteiger charge is -2.35. The Morgan fingerprint density at radius 2 is 2.17 bits per heavy atom. The van der Waals surface area contributed by atoms with Crippen molar-refractivity contribution < 1.29 is 9.47 Å². The molecule has 2 aromatic rings. The third-order valence-corrected chi connectivity index (χ3v) is 5.49. The first kappa shape index (κ1) is 15.9. The molecule has 0 N–H and O–H groups in total. The van der Waals surface area contributed by atoms with Gasteiger partial charge in [0.05, 0.1) is 42.2 Å². The highest BCUT2D eigenvalue weighted by atomic mass is 32.1. The highest BCUT2D eigenvalue weighted by molar-refractivity contribution is 7.09. The Morgan fingerprint density at radius 3 is 2.96 bits per heavy atom. The number of aromatic nitrogens is 3. The van der Waals surface area contributed by atoms with Crippen LogP contribution in [0, 0.1) is 6.92 Å². The van der Waals surface area contributed by atoms with Gasteiger partial charge in [-0.25, -0.2) is 15.0 Å². The lowest BCUT2D eigenvalue weighted by atomic mass is 9.99. The maximum atomic E-state index is 6.27. The van der Waals surface area contributed by atoms with Crippen molar-refractivity contribution in [2.45, 2.75) is 51.0 Å². The zero-order valence-electron chi connectivity index (χ0n) is 13.8. The minimum atomic E-state index is 0.183. The summed E-state index contributed by atoms with van der Waals surface area (Å²) >= 11 is 1.66. The highest BCUT2D eigenvalue weighted by Crippen LogP contribution is 2.33. The predicted octanol–water partition coefficient (Wildman–Crippen LogP) is 2.58. The molecule has 128 valence electrons. The Labute approximate surface area is 145 Å². The van der Waals surface area contributed by atoms with Crippen molar-refractivity contribution >= 4 is 17.3 Å². The largest absolute Gasteiger partial charge is 0.372 e. The Bertz CT molecular complexity index is 666. The first-order chi connectivity index (χ1) is 11.8. The molecule has 7 heteroatoms. The van der Waals surface area contributed by atoms with Crippen LogP contribution in [0.1, 0.15) is 30.0 Å².